The lowest BCUT2D eigenvalue weighted by atomic mass is 10.2. The number of nitrogens with zero attached hydrogens (tertiary/aromatic N) is 1. The lowest BCUT2D eigenvalue weighted by molar-refractivity contribution is 0.355. The summed E-state index contributed by atoms with van der Waals surface area (Å²) in [5.41, 5.74) is 2.17. The molecule has 30 heavy (non-hydrogen) atoms. The molecule has 158 valence electrons. The van der Waals surface area contributed by atoms with Crippen LogP contribution in [0.15, 0.2) is 71.6 Å². The van der Waals surface area contributed by atoms with E-state index >= 15 is 0 Å². The van der Waals surface area contributed by atoms with Crippen LogP contribution in [0, 0.1) is 6.92 Å². The molecule has 6 nitrogen and oxygen atoms in total. The van der Waals surface area contributed by atoms with Gasteiger partial charge in [-0.15, -0.1) is 0 Å². The molecule has 0 bridgehead atoms. The molecule has 0 unspecified atom stereocenters. The summed E-state index contributed by atoms with van der Waals surface area (Å²) >= 11 is 0. The Balaban J connectivity index is 2.10. The first-order valence-electron chi connectivity index (χ1n) is 9.33. The fourth-order valence-electron chi connectivity index (χ4n) is 3.09. The highest BCUT2D eigenvalue weighted by molar-refractivity contribution is 7.92. The Labute approximate surface area is 177 Å². The average molecular weight is 428 g/mol. The van der Waals surface area contributed by atoms with Gasteiger partial charge in [0, 0.05) is 6.07 Å². The Kier molecular flexibility index (Phi) is 6.52. The monoisotopic (exact) mass is 427 g/mol. The Morgan fingerprint density at radius 3 is 2.10 bits per heavy atom. The van der Waals surface area contributed by atoms with Crippen LogP contribution < -0.4 is 18.5 Å². The van der Waals surface area contributed by atoms with E-state index in [1.807, 2.05) is 25.1 Å². The smallest absolute Gasteiger partial charge is 0.264 e. The summed E-state index contributed by atoms with van der Waals surface area (Å²) in [5.74, 6) is 1.69. The third-order valence-electron chi connectivity index (χ3n) is 4.72. The van der Waals surface area contributed by atoms with Gasteiger partial charge in [-0.2, -0.15) is 0 Å². The van der Waals surface area contributed by atoms with E-state index in [0.29, 0.717) is 22.9 Å². The van der Waals surface area contributed by atoms with Gasteiger partial charge < -0.3 is 14.2 Å². The zero-order chi connectivity index (χ0) is 21.7. The maximum Gasteiger partial charge on any atom is 0.264 e. The molecule has 0 fully saturated rings. The number of aryl methyl sites for hydroxylation is 1. The summed E-state index contributed by atoms with van der Waals surface area (Å²) in [4.78, 5) is 0.228. The second-order valence-electron chi connectivity index (χ2n) is 6.72. The van der Waals surface area contributed by atoms with Crippen molar-refractivity contribution in [3.05, 3.63) is 77.9 Å². The highest BCUT2D eigenvalue weighted by Gasteiger charge is 2.26. The van der Waals surface area contributed by atoms with Gasteiger partial charge in [0.15, 0.2) is 11.5 Å². The second-order valence-corrected chi connectivity index (χ2v) is 8.58. The van der Waals surface area contributed by atoms with E-state index < -0.39 is 10.0 Å². The number of hydrogen-bond donors (Lipinski definition) is 0. The van der Waals surface area contributed by atoms with Gasteiger partial charge in [0.2, 0.25) is 0 Å². The van der Waals surface area contributed by atoms with E-state index in [2.05, 4.69) is 0 Å². The molecule has 0 aliphatic rings. The summed E-state index contributed by atoms with van der Waals surface area (Å²) in [6, 6.07) is 19.2. The van der Waals surface area contributed by atoms with E-state index in [1.165, 1.54) is 18.5 Å². The minimum Gasteiger partial charge on any atom is -0.497 e. The molecule has 0 radical (unpaired) electrons. The van der Waals surface area contributed by atoms with Crippen molar-refractivity contribution < 1.29 is 22.6 Å². The van der Waals surface area contributed by atoms with Crippen LogP contribution in [0.3, 0.4) is 0 Å². The van der Waals surface area contributed by atoms with E-state index in [-0.39, 0.29) is 11.4 Å². The van der Waals surface area contributed by atoms with Crippen LogP contribution in [0.5, 0.6) is 17.2 Å². The normalized spacial score (nSPS) is 11.1. The van der Waals surface area contributed by atoms with Crippen LogP contribution in [0.2, 0.25) is 0 Å². The number of rotatable bonds is 8. The maximum absolute atomic E-state index is 13.6. The first-order chi connectivity index (χ1) is 14.4. The quantitative estimate of drug-likeness (QED) is 0.533. The molecule has 3 rings (SSSR count). The third-order valence-corrected chi connectivity index (χ3v) is 6.49. The Bertz CT molecular complexity index is 1110. The van der Waals surface area contributed by atoms with Crippen LogP contribution in [0.25, 0.3) is 0 Å². The number of ether oxygens (including phenoxy) is 3. The lowest BCUT2D eigenvalue weighted by Crippen LogP contribution is -2.30. The van der Waals surface area contributed by atoms with Crippen LogP contribution in [-0.4, -0.2) is 29.7 Å². The molecular weight excluding hydrogens is 402 g/mol. The summed E-state index contributed by atoms with van der Waals surface area (Å²) < 4.78 is 44.4. The maximum atomic E-state index is 13.6. The van der Waals surface area contributed by atoms with Crippen molar-refractivity contribution >= 4 is 15.7 Å². The predicted octanol–water partition coefficient (Wildman–Crippen LogP) is 4.42. The highest BCUT2D eigenvalue weighted by Crippen LogP contribution is 2.35. The molecule has 0 atom stereocenters. The second kappa shape index (κ2) is 9.09. The number of hydrogen-bond acceptors (Lipinski definition) is 5. The van der Waals surface area contributed by atoms with Gasteiger partial charge >= 0.3 is 0 Å². The fraction of sp³-hybridized carbons (Fsp3) is 0.217. The molecule has 0 heterocycles. The predicted molar refractivity (Wildman–Crippen MR) is 117 cm³/mol. The zero-order valence-electron chi connectivity index (χ0n) is 17.5. The van der Waals surface area contributed by atoms with Crippen LogP contribution >= 0.6 is 0 Å². The Hall–Kier alpha value is -3.19. The number of benzene rings is 3. The zero-order valence-corrected chi connectivity index (χ0v) is 18.3. The van der Waals surface area contributed by atoms with Crippen LogP contribution in [0.1, 0.15) is 11.1 Å². The van der Waals surface area contributed by atoms with Crippen LogP contribution in [0.4, 0.5) is 5.69 Å². The van der Waals surface area contributed by atoms with Crippen molar-refractivity contribution in [1.82, 2.24) is 0 Å². The average Bonchev–Trinajstić information content (AvgIpc) is 2.77. The van der Waals surface area contributed by atoms with Gasteiger partial charge in [0.25, 0.3) is 10.0 Å². The molecular formula is C23H25NO5S. The minimum absolute atomic E-state index is 0.149. The molecule has 0 spiro atoms. The largest absolute Gasteiger partial charge is 0.497 e. The molecule has 0 aliphatic carbocycles. The Morgan fingerprint density at radius 2 is 1.50 bits per heavy atom. The lowest BCUT2D eigenvalue weighted by Gasteiger charge is -2.26. The van der Waals surface area contributed by atoms with E-state index in [4.69, 9.17) is 14.2 Å². The van der Waals surface area contributed by atoms with Gasteiger partial charge in [-0.3, -0.25) is 4.31 Å². The molecule has 3 aromatic carbocycles. The first kappa shape index (κ1) is 21.5. The minimum atomic E-state index is -3.83. The number of methoxy groups -OCH3 is 3. The van der Waals surface area contributed by atoms with Gasteiger partial charge in [0.1, 0.15) is 5.75 Å². The van der Waals surface area contributed by atoms with Gasteiger partial charge in [-0.25, -0.2) is 8.42 Å². The van der Waals surface area contributed by atoms with E-state index in [0.717, 1.165) is 11.1 Å². The fourth-order valence-corrected chi connectivity index (χ4v) is 4.64. The molecule has 7 heteroatoms. The number of anilines is 1. The topological polar surface area (TPSA) is 65.1 Å². The van der Waals surface area contributed by atoms with Crippen molar-refractivity contribution in [3.8, 4) is 17.2 Å². The summed E-state index contributed by atoms with van der Waals surface area (Å²) in [6.45, 7) is 2.01. The Morgan fingerprint density at radius 1 is 0.800 bits per heavy atom. The van der Waals surface area contributed by atoms with Crippen molar-refractivity contribution in [2.75, 3.05) is 25.6 Å². The molecule has 0 amide bonds. The van der Waals surface area contributed by atoms with Crippen molar-refractivity contribution in [1.29, 1.82) is 0 Å². The molecule has 0 aliphatic heterocycles. The summed E-state index contributed by atoms with van der Waals surface area (Å²) in [7, 11) is 0.817. The van der Waals surface area contributed by atoms with Crippen molar-refractivity contribution in [3.63, 3.8) is 0 Å². The number of sulfonamides is 1. The first-order valence-corrected chi connectivity index (χ1v) is 10.8. The summed E-state index contributed by atoms with van der Waals surface area (Å²) in [6.07, 6.45) is 0. The third kappa shape index (κ3) is 4.52. The van der Waals surface area contributed by atoms with Gasteiger partial charge in [-0.1, -0.05) is 24.3 Å². The van der Waals surface area contributed by atoms with Crippen LogP contribution in [-0.2, 0) is 16.6 Å². The highest BCUT2D eigenvalue weighted by atomic mass is 32.2. The standard InChI is InChI=1S/C23H25NO5S/c1-17-6-5-7-21(14-17)30(25,26)24(16-18-8-11-20(27-2)12-9-18)19-10-13-22(28-3)23(15-19)29-4/h5-15H,16H2,1-4H3. The molecule has 3 aromatic rings. The van der Waals surface area contributed by atoms with Crippen molar-refractivity contribution in [2.24, 2.45) is 0 Å². The molecule has 0 saturated heterocycles. The van der Waals surface area contributed by atoms with E-state index in [9.17, 15) is 8.42 Å². The SMILES string of the molecule is COc1ccc(CN(c2ccc(OC)c(OC)c2)S(=O)(=O)c2cccc(C)c2)cc1. The molecule has 0 N–H and O–H groups in total. The molecule has 0 saturated carbocycles. The van der Waals surface area contributed by atoms with E-state index in [1.54, 1.807) is 55.6 Å². The summed E-state index contributed by atoms with van der Waals surface area (Å²) in [5, 5.41) is 0. The molecule has 0 aromatic heterocycles. The van der Waals surface area contributed by atoms with Gasteiger partial charge in [0.05, 0.1) is 38.5 Å². The van der Waals surface area contributed by atoms with Gasteiger partial charge in [-0.05, 0) is 54.4 Å². The van der Waals surface area contributed by atoms with Crippen molar-refractivity contribution in [2.45, 2.75) is 18.4 Å².